The minimum absolute atomic E-state index is 0.164. The summed E-state index contributed by atoms with van der Waals surface area (Å²) < 4.78 is 0. The van der Waals surface area contributed by atoms with Crippen LogP contribution < -0.4 is 5.73 Å². The summed E-state index contributed by atoms with van der Waals surface area (Å²) in [6, 6.07) is 5.47. The highest BCUT2D eigenvalue weighted by Crippen LogP contribution is 2.36. The Bertz CT molecular complexity index is 291. The molecule has 0 amide bonds. The summed E-state index contributed by atoms with van der Waals surface area (Å²) in [5.74, 6) is 0.164. The number of aliphatic hydroxyl groups is 1. The van der Waals surface area contributed by atoms with Gasteiger partial charge in [-0.05, 0) is 25.0 Å². The predicted octanol–water partition coefficient (Wildman–Crippen LogP) is 1.38. The molecule has 3 nitrogen and oxygen atoms in total. The van der Waals surface area contributed by atoms with Crippen molar-refractivity contribution in [1.29, 1.82) is 0 Å². The lowest BCUT2D eigenvalue weighted by Crippen LogP contribution is -2.43. The van der Waals surface area contributed by atoms with Crippen LogP contribution in [0.15, 0.2) is 24.4 Å². The van der Waals surface area contributed by atoms with Crippen molar-refractivity contribution in [3.63, 3.8) is 0 Å². The first kappa shape index (κ1) is 9.62. The van der Waals surface area contributed by atoms with Gasteiger partial charge < -0.3 is 5.11 Å². The minimum Gasteiger partial charge on any atom is -0.370 e. The van der Waals surface area contributed by atoms with Gasteiger partial charge in [0.2, 0.25) is 0 Å². The van der Waals surface area contributed by atoms with Crippen molar-refractivity contribution in [3.8, 4) is 0 Å². The van der Waals surface area contributed by atoms with Crippen LogP contribution in [0.1, 0.15) is 31.4 Å². The summed E-state index contributed by atoms with van der Waals surface area (Å²) in [5.41, 5.74) is 5.29. The Morgan fingerprint density at radius 3 is 2.64 bits per heavy atom. The molecule has 0 saturated heterocycles. The summed E-state index contributed by atoms with van der Waals surface area (Å²) in [5, 5.41) is 10.2. The molecule has 3 N–H and O–H groups in total. The quantitative estimate of drug-likeness (QED) is 0.696. The molecule has 3 heteroatoms. The third-order valence-electron chi connectivity index (χ3n) is 3.05. The Morgan fingerprint density at radius 2 is 2.07 bits per heavy atom. The Hall–Kier alpha value is -0.930. The molecular formula is C11H16N2O. The first-order valence-electron chi connectivity index (χ1n) is 5.14. The van der Waals surface area contributed by atoms with E-state index in [1.165, 1.54) is 0 Å². The SMILES string of the molecule is NC(O)(c1ccccn1)C1CCCC1. The van der Waals surface area contributed by atoms with E-state index >= 15 is 0 Å². The van der Waals surface area contributed by atoms with Gasteiger partial charge in [-0.1, -0.05) is 18.9 Å². The van der Waals surface area contributed by atoms with Crippen molar-refractivity contribution in [3.05, 3.63) is 30.1 Å². The Balaban J connectivity index is 2.22. The van der Waals surface area contributed by atoms with Gasteiger partial charge in [-0.2, -0.15) is 0 Å². The molecule has 0 aromatic carbocycles. The van der Waals surface area contributed by atoms with Crippen LogP contribution in [0.4, 0.5) is 0 Å². The number of aromatic nitrogens is 1. The third kappa shape index (κ3) is 1.65. The Labute approximate surface area is 84.0 Å². The fourth-order valence-corrected chi connectivity index (χ4v) is 2.17. The average Bonchev–Trinajstić information content (AvgIpc) is 2.72. The first-order chi connectivity index (χ1) is 6.71. The van der Waals surface area contributed by atoms with E-state index in [1.807, 2.05) is 12.1 Å². The molecule has 0 radical (unpaired) electrons. The van der Waals surface area contributed by atoms with E-state index < -0.39 is 5.72 Å². The van der Waals surface area contributed by atoms with Crippen molar-refractivity contribution >= 4 is 0 Å². The van der Waals surface area contributed by atoms with E-state index in [4.69, 9.17) is 5.73 Å². The lowest BCUT2D eigenvalue weighted by Gasteiger charge is -2.28. The largest absolute Gasteiger partial charge is 0.370 e. The normalized spacial score (nSPS) is 22.1. The van der Waals surface area contributed by atoms with E-state index in [1.54, 1.807) is 12.3 Å². The summed E-state index contributed by atoms with van der Waals surface area (Å²) in [6.45, 7) is 0. The lowest BCUT2D eigenvalue weighted by molar-refractivity contribution is -0.0199. The molecule has 2 rings (SSSR count). The van der Waals surface area contributed by atoms with Gasteiger partial charge in [0.15, 0.2) is 5.72 Å². The number of hydrogen-bond donors (Lipinski definition) is 2. The molecule has 14 heavy (non-hydrogen) atoms. The topological polar surface area (TPSA) is 59.1 Å². The van der Waals surface area contributed by atoms with Crippen molar-refractivity contribution in [2.24, 2.45) is 11.7 Å². The zero-order valence-corrected chi connectivity index (χ0v) is 8.19. The molecule has 0 aliphatic heterocycles. The van der Waals surface area contributed by atoms with Crippen molar-refractivity contribution in [2.75, 3.05) is 0 Å². The van der Waals surface area contributed by atoms with Gasteiger partial charge in [-0.15, -0.1) is 0 Å². The lowest BCUT2D eigenvalue weighted by atomic mass is 9.91. The molecule has 1 unspecified atom stereocenters. The summed E-state index contributed by atoms with van der Waals surface area (Å²) in [6.07, 6.45) is 6.00. The molecule has 1 atom stereocenters. The molecular weight excluding hydrogens is 176 g/mol. The molecule has 1 saturated carbocycles. The number of nitrogens with two attached hydrogens (primary N) is 1. The van der Waals surface area contributed by atoms with E-state index in [-0.39, 0.29) is 5.92 Å². The molecule has 1 aliphatic carbocycles. The smallest absolute Gasteiger partial charge is 0.159 e. The van der Waals surface area contributed by atoms with Crippen molar-refractivity contribution in [1.82, 2.24) is 4.98 Å². The van der Waals surface area contributed by atoms with E-state index in [0.29, 0.717) is 5.69 Å². The second-order valence-corrected chi connectivity index (χ2v) is 4.02. The van der Waals surface area contributed by atoms with Crippen LogP contribution in [0.5, 0.6) is 0 Å². The molecule has 0 spiro atoms. The summed E-state index contributed by atoms with van der Waals surface area (Å²) in [4.78, 5) is 4.12. The van der Waals surface area contributed by atoms with Gasteiger partial charge in [-0.3, -0.25) is 10.7 Å². The van der Waals surface area contributed by atoms with Crippen LogP contribution in [0.25, 0.3) is 0 Å². The van der Waals surface area contributed by atoms with Gasteiger partial charge in [0.25, 0.3) is 0 Å². The molecule has 76 valence electrons. The summed E-state index contributed by atoms with van der Waals surface area (Å²) in [7, 11) is 0. The fraction of sp³-hybridized carbons (Fsp3) is 0.545. The number of rotatable bonds is 2. The maximum absolute atomic E-state index is 10.2. The zero-order valence-electron chi connectivity index (χ0n) is 8.19. The molecule has 1 heterocycles. The van der Waals surface area contributed by atoms with E-state index in [9.17, 15) is 5.11 Å². The van der Waals surface area contributed by atoms with Gasteiger partial charge >= 0.3 is 0 Å². The van der Waals surface area contributed by atoms with Gasteiger partial charge in [0, 0.05) is 12.1 Å². The van der Waals surface area contributed by atoms with Crippen LogP contribution in [0.3, 0.4) is 0 Å². The average molecular weight is 192 g/mol. The van der Waals surface area contributed by atoms with E-state index in [0.717, 1.165) is 25.7 Å². The van der Waals surface area contributed by atoms with Crippen LogP contribution in [-0.2, 0) is 5.72 Å². The number of nitrogens with zero attached hydrogens (tertiary/aromatic N) is 1. The van der Waals surface area contributed by atoms with Crippen LogP contribution in [0.2, 0.25) is 0 Å². The van der Waals surface area contributed by atoms with Crippen LogP contribution in [-0.4, -0.2) is 10.1 Å². The van der Waals surface area contributed by atoms with Gasteiger partial charge in [0.05, 0.1) is 5.69 Å². The molecule has 1 fully saturated rings. The standard InChI is InChI=1S/C11H16N2O/c12-11(14,9-5-1-2-6-9)10-7-3-4-8-13-10/h3-4,7-9,14H,1-2,5-6,12H2. The highest BCUT2D eigenvalue weighted by atomic mass is 16.3. The highest BCUT2D eigenvalue weighted by molar-refractivity contribution is 5.13. The molecule has 1 aromatic heterocycles. The van der Waals surface area contributed by atoms with Crippen LogP contribution >= 0.6 is 0 Å². The zero-order chi connectivity index (χ0) is 10.0. The number of pyridine rings is 1. The Kier molecular flexibility index (Phi) is 2.52. The predicted molar refractivity (Wildman–Crippen MR) is 54.3 cm³/mol. The maximum atomic E-state index is 10.2. The van der Waals surface area contributed by atoms with Crippen molar-refractivity contribution < 1.29 is 5.11 Å². The second-order valence-electron chi connectivity index (χ2n) is 4.02. The monoisotopic (exact) mass is 192 g/mol. The van der Waals surface area contributed by atoms with E-state index in [2.05, 4.69) is 4.98 Å². The molecule has 1 aliphatic rings. The minimum atomic E-state index is -1.24. The summed E-state index contributed by atoms with van der Waals surface area (Å²) >= 11 is 0. The van der Waals surface area contributed by atoms with Crippen LogP contribution in [0, 0.1) is 5.92 Å². The van der Waals surface area contributed by atoms with Gasteiger partial charge in [-0.25, -0.2) is 0 Å². The molecule has 1 aromatic rings. The maximum Gasteiger partial charge on any atom is 0.159 e. The highest BCUT2D eigenvalue weighted by Gasteiger charge is 2.37. The fourth-order valence-electron chi connectivity index (χ4n) is 2.17. The molecule has 0 bridgehead atoms. The van der Waals surface area contributed by atoms with Gasteiger partial charge in [0.1, 0.15) is 0 Å². The van der Waals surface area contributed by atoms with Crippen molar-refractivity contribution in [2.45, 2.75) is 31.4 Å². The first-order valence-corrected chi connectivity index (χ1v) is 5.14. The number of hydrogen-bond acceptors (Lipinski definition) is 3. The Morgan fingerprint density at radius 1 is 1.36 bits per heavy atom. The third-order valence-corrected chi connectivity index (χ3v) is 3.05. The second kappa shape index (κ2) is 3.67.